The minimum Gasteiger partial charge on any atom is -0.272 e. The van der Waals surface area contributed by atoms with E-state index in [-0.39, 0.29) is 11.2 Å². The summed E-state index contributed by atoms with van der Waals surface area (Å²) in [5.41, 5.74) is 4.02. The first kappa shape index (κ1) is 12.8. The summed E-state index contributed by atoms with van der Waals surface area (Å²) in [5, 5.41) is 4.53. The molecular weight excluding hydrogens is 227 g/mol. The van der Waals surface area contributed by atoms with Gasteiger partial charge in [-0.2, -0.15) is 5.10 Å². The Labute approximate surface area is 107 Å². The minimum atomic E-state index is -0.205. The molecule has 1 aromatic heterocycles. The Morgan fingerprint density at radius 2 is 1.83 bits per heavy atom. The molecule has 0 aliphatic heterocycles. The highest BCUT2D eigenvalue weighted by Gasteiger charge is 2.20. The summed E-state index contributed by atoms with van der Waals surface area (Å²) in [4.78, 5) is 0. The summed E-state index contributed by atoms with van der Waals surface area (Å²) in [7, 11) is 1.95. The van der Waals surface area contributed by atoms with Crippen LogP contribution in [0.25, 0.3) is 11.3 Å². The Bertz CT molecular complexity index is 577. The van der Waals surface area contributed by atoms with Crippen molar-refractivity contribution in [2.45, 2.75) is 33.1 Å². The zero-order chi connectivity index (χ0) is 13.5. The fourth-order valence-electron chi connectivity index (χ4n) is 2.22. The number of hydrogen-bond acceptors (Lipinski definition) is 1. The van der Waals surface area contributed by atoms with Crippen molar-refractivity contribution in [3.05, 3.63) is 41.3 Å². The lowest BCUT2D eigenvalue weighted by Crippen LogP contribution is -2.16. The predicted octanol–water partition coefficient (Wildman–Crippen LogP) is 3.83. The molecule has 0 aliphatic rings. The van der Waals surface area contributed by atoms with Crippen LogP contribution in [0.5, 0.6) is 0 Å². The van der Waals surface area contributed by atoms with Gasteiger partial charge < -0.3 is 0 Å². The third-order valence-corrected chi connectivity index (χ3v) is 3.11. The van der Waals surface area contributed by atoms with E-state index >= 15 is 0 Å². The van der Waals surface area contributed by atoms with Gasteiger partial charge in [0.05, 0.1) is 5.69 Å². The average molecular weight is 246 g/mol. The van der Waals surface area contributed by atoms with E-state index < -0.39 is 0 Å². The fourth-order valence-corrected chi connectivity index (χ4v) is 2.22. The van der Waals surface area contributed by atoms with Crippen molar-refractivity contribution in [1.82, 2.24) is 9.78 Å². The van der Waals surface area contributed by atoms with Crippen LogP contribution < -0.4 is 0 Å². The average Bonchev–Trinajstić information content (AvgIpc) is 2.59. The number of hydrogen-bond donors (Lipinski definition) is 0. The van der Waals surface area contributed by atoms with Crippen molar-refractivity contribution < 1.29 is 4.39 Å². The van der Waals surface area contributed by atoms with Gasteiger partial charge in [0, 0.05) is 23.7 Å². The number of nitrogens with zero attached hydrogens (tertiary/aromatic N) is 2. The topological polar surface area (TPSA) is 17.8 Å². The molecule has 0 saturated carbocycles. The van der Waals surface area contributed by atoms with Gasteiger partial charge in [-0.25, -0.2) is 4.39 Å². The minimum absolute atomic E-state index is 0.0495. The molecule has 2 rings (SSSR count). The van der Waals surface area contributed by atoms with E-state index in [9.17, 15) is 4.39 Å². The highest BCUT2D eigenvalue weighted by molar-refractivity contribution is 5.63. The normalized spacial score (nSPS) is 11.9. The van der Waals surface area contributed by atoms with Gasteiger partial charge in [-0.15, -0.1) is 0 Å². The van der Waals surface area contributed by atoms with E-state index in [1.54, 1.807) is 12.1 Å². The van der Waals surface area contributed by atoms with Crippen LogP contribution in [0.3, 0.4) is 0 Å². The van der Waals surface area contributed by atoms with Crippen molar-refractivity contribution in [1.29, 1.82) is 0 Å². The van der Waals surface area contributed by atoms with Crippen LogP contribution in [0.2, 0.25) is 0 Å². The zero-order valence-electron chi connectivity index (χ0n) is 11.6. The molecule has 0 radical (unpaired) electrons. The number of aromatic nitrogens is 2. The second-order valence-electron chi connectivity index (χ2n) is 5.75. The lowest BCUT2D eigenvalue weighted by molar-refractivity contribution is 0.523. The highest BCUT2D eigenvalue weighted by atomic mass is 19.1. The molecule has 1 heterocycles. The maximum atomic E-state index is 13.1. The molecule has 18 heavy (non-hydrogen) atoms. The smallest absolute Gasteiger partial charge is 0.123 e. The van der Waals surface area contributed by atoms with Crippen LogP contribution in [-0.2, 0) is 12.5 Å². The van der Waals surface area contributed by atoms with Gasteiger partial charge in [0.25, 0.3) is 0 Å². The summed E-state index contributed by atoms with van der Waals surface area (Å²) < 4.78 is 15.0. The van der Waals surface area contributed by atoms with Crippen LogP contribution in [0, 0.1) is 12.7 Å². The summed E-state index contributed by atoms with van der Waals surface area (Å²) >= 11 is 0. The maximum Gasteiger partial charge on any atom is 0.123 e. The molecule has 0 bridgehead atoms. The molecule has 0 aliphatic carbocycles. The Kier molecular flexibility index (Phi) is 3.01. The molecule has 0 unspecified atom stereocenters. The summed E-state index contributed by atoms with van der Waals surface area (Å²) in [6, 6.07) is 6.90. The Balaban J connectivity index is 2.53. The van der Waals surface area contributed by atoms with E-state index in [2.05, 4.69) is 31.9 Å². The van der Waals surface area contributed by atoms with Gasteiger partial charge in [0.15, 0.2) is 0 Å². The highest BCUT2D eigenvalue weighted by Crippen LogP contribution is 2.28. The summed E-state index contributed by atoms with van der Waals surface area (Å²) in [6.07, 6.45) is 0. The number of halogens is 1. The third kappa shape index (κ3) is 2.30. The van der Waals surface area contributed by atoms with Gasteiger partial charge in [-0.3, -0.25) is 4.68 Å². The maximum absolute atomic E-state index is 13.1. The standard InChI is InChI=1S/C15H19FN2/c1-10-8-11(16)6-7-12(10)13-9-14(15(2,3)4)18(5)17-13/h6-9H,1-5H3. The van der Waals surface area contributed by atoms with E-state index in [0.717, 1.165) is 16.8 Å². The molecule has 3 heteroatoms. The first-order valence-electron chi connectivity index (χ1n) is 6.10. The van der Waals surface area contributed by atoms with Crippen molar-refractivity contribution in [2.24, 2.45) is 7.05 Å². The first-order chi connectivity index (χ1) is 8.29. The van der Waals surface area contributed by atoms with Gasteiger partial charge in [-0.1, -0.05) is 20.8 Å². The van der Waals surface area contributed by atoms with Gasteiger partial charge >= 0.3 is 0 Å². The third-order valence-electron chi connectivity index (χ3n) is 3.11. The lowest BCUT2D eigenvalue weighted by atomic mass is 9.91. The van der Waals surface area contributed by atoms with E-state index in [4.69, 9.17) is 0 Å². The molecule has 2 nitrogen and oxygen atoms in total. The van der Waals surface area contributed by atoms with Gasteiger partial charge in [0.2, 0.25) is 0 Å². The number of aryl methyl sites for hydroxylation is 2. The van der Waals surface area contributed by atoms with Crippen LogP contribution >= 0.6 is 0 Å². The van der Waals surface area contributed by atoms with E-state index in [1.807, 2.05) is 18.7 Å². The zero-order valence-corrected chi connectivity index (χ0v) is 11.6. The van der Waals surface area contributed by atoms with Crippen molar-refractivity contribution >= 4 is 0 Å². The monoisotopic (exact) mass is 246 g/mol. The second-order valence-corrected chi connectivity index (χ2v) is 5.75. The van der Waals surface area contributed by atoms with Crippen LogP contribution in [-0.4, -0.2) is 9.78 Å². The summed E-state index contributed by atoms with van der Waals surface area (Å²) in [6.45, 7) is 8.38. The van der Waals surface area contributed by atoms with Crippen molar-refractivity contribution in [3.8, 4) is 11.3 Å². The Hall–Kier alpha value is -1.64. The molecule has 0 amide bonds. The van der Waals surface area contributed by atoms with E-state index in [0.29, 0.717) is 0 Å². The predicted molar refractivity (Wildman–Crippen MR) is 72.0 cm³/mol. The quantitative estimate of drug-likeness (QED) is 0.747. The molecule has 0 atom stereocenters. The second kappa shape index (κ2) is 4.23. The van der Waals surface area contributed by atoms with Crippen molar-refractivity contribution in [2.75, 3.05) is 0 Å². The molecule has 96 valence electrons. The van der Waals surface area contributed by atoms with Gasteiger partial charge in [0.1, 0.15) is 5.82 Å². The van der Waals surface area contributed by atoms with Crippen LogP contribution in [0.15, 0.2) is 24.3 Å². The van der Waals surface area contributed by atoms with Crippen molar-refractivity contribution in [3.63, 3.8) is 0 Å². The molecule has 2 aromatic rings. The van der Waals surface area contributed by atoms with E-state index in [1.165, 1.54) is 11.8 Å². The molecule has 0 spiro atoms. The molecule has 0 fully saturated rings. The molecular formula is C15H19FN2. The molecule has 0 N–H and O–H groups in total. The SMILES string of the molecule is Cc1cc(F)ccc1-c1cc(C(C)(C)C)n(C)n1. The van der Waals surface area contributed by atoms with Crippen LogP contribution in [0.4, 0.5) is 4.39 Å². The fraction of sp³-hybridized carbons (Fsp3) is 0.400. The largest absolute Gasteiger partial charge is 0.272 e. The van der Waals surface area contributed by atoms with Gasteiger partial charge in [-0.05, 0) is 36.8 Å². The number of benzene rings is 1. The van der Waals surface area contributed by atoms with Crippen LogP contribution in [0.1, 0.15) is 32.0 Å². The lowest BCUT2D eigenvalue weighted by Gasteiger charge is -2.17. The Morgan fingerprint density at radius 3 is 2.33 bits per heavy atom. The molecule has 0 saturated heterocycles. The Morgan fingerprint density at radius 1 is 1.17 bits per heavy atom. The summed E-state index contributed by atoms with van der Waals surface area (Å²) in [5.74, 6) is -0.205. The number of rotatable bonds is 1. The molecule has 1 aromatic carbocycles. The first-order valence-corrected chi connectivity index (χ1v) is 6.10.